The van der Waals surface area contributed by atoms with Crippen LogP contribution in [0.4, 0.5) is 4.39 Å². The lowest BCUT2D eigenvalue weighted by Gasteiger charge is -2.22. The van der Waals surface area contributed by atoms with Gasteiger partial charge in [0.25, 0.3) is 0 Å². The Bertz CT molecular complexity index is 615. The summed E-state index contributed by atoms with van der Waals surface area (Å²) < 4.78 is 21.5. The summed E-state index contributed by atoms with van der Waals surface area (Å²) in [5.74, 6) is 0.0605. The smallest absolute Gasteiger partial charge is 0.127 e. The Labute approximate surface area is 124 Å². The number of hydrogen-bond acceptors (Lipinski definition) is 2. The Hall–Kier alpha value is -1.68. The lowest BCUT2D eigenvalue weighted by atomic mass is 9.99. The number of rotatable bonds is 3. The number of halogens is 1. The van der Waals surface area contributed by atoms with E-state index in [9.17, 15) is 4.39 Å². The molecule has 0 amide bonds. The molecule has 0 atom stereocenters. The van der Waals surface area contributed by atoms with E-state index in [4.69, 9.17) is 4.74 Å². The minimum Gasteiger partial charge on any atom is -0.381 e. The van der Waals surface area contributed by atoms with E-state index in [1.165, 1.54) is 0 Å². The third kappa shape index (κ3) is 3.00. The van der Waals surface area contributed by atoms with Crippen LogP contribution in [-0.2, 0) is 4.74 Å². The second-order valence-electron chi connectivity index (χ2n) is 5.94. The van der Waals surface area contributed by atoms with E-state index in [1.807, 2.05) is 43.1 Å². The molecule has 1 aliphatic heterocycles. The number of benzene rings is 1. The normalized spacial score (nSPS) is 16.6. The van der Waals surface area contributed by atoms with Gasteiger partial charge in [-0.3, -0.25) is 4.68 Å². The van der Waals surface area contributed by atoms with Crippen molar-refractivity contribution in [3.63, 3.8) is 0 Å². The van der Waals surface area contributed by atoms with Crippen LogP contribution in [0.3, 0.4) is 0 Å². The zero-order chi connectivity index (χ0) is 14.8. The van der Waals surface area contributed by atoms with E-state index in [0.29, 0.717) is 6.04 Å². The molecule has 112 valence electrons. The summed E-state index contributed by atoms with van der Waals surface area (Å²) in [6, 6.07) is 5.86. The van der Waals surface area contributed by atoms with Gasteiger partial charge >= 0.3 is 0 Å². The zero-order valence-electron chi connectivity index (χ0n) is 12.6. The van der Waals surface area contributed by atoms with Crippen LogP contribution in [0.2, 0.25) is 0 Å². The number of ether oxygens (including phenoxy) is 1. The SMILES string of the molecule is CC(C)c1ccc(-c2cnn(C3CCOCC3)c2)cc1F. The minimum absolute atomic E-state index is 0.138. The monoisotopic (exact) mass is 288 g/mol. The second-order valence-corrected chi connectivity index (χ2v) is 5.94. The van der Waals surface area contributed by atoms with Gasteiger partial charge in [-0.05, 0) is 36.0 Å². The summed E-state index contributed by atoms with van der Waals surface area (Å²) in [7, 11) is 0. The van der Waals surface area contributed by atoms with Crippen molar-refractivity contribution in [1.29, 1.82) is 0 Å². The summed E-state index contributed by atoms with van der Waals surface area (Å²) >= 11 is 0. The molecule has 0 radical (unpaired) electrons. The molecule has 0 spiro atoms. The number of aromatic nitrogens is 2. The summed E-state index contributed by atoms with van der Waals surface area (Å²) in [4.78, 5) is 0. The Morgan fingerprint density at radius 3 is 2.67 bits per heavy atom. The van der Waals surface area contributed by atoms with Crippen molar-refractivity contribution in [3.8, 4) is 11.1 Å². The maximum absolute atomic E-state index is 14.1. The largest absolute Gasteiger partial charge is 0.381 e. The molecule has 1 aromatic heterocycles. The zero-order valence-corrected chi connectivity index (χ0v) is 12.6. The molecule has 1 fully saturated rings. The molecule has 0 aliphatic carbocycles. The number of nitrogens with zero attached hydrogens (tertiary/aromatic N) is 2. The van der Waals surface area contributed by atoms with E-state index < -0.39 is 0 Å². The van der Waals surface area contributed by atoms with Gasteiger partial charge in [-0.15, -0.1) is 0 Å². The van der Waals surface area contributed by atoms with Gasteiger partial charge in [0.2, 0.25) is 0 Å². The predicted molar refractivity (Wildman–Crippen MR) is 80.8 cm³/mol. The van der Waals surface area contributed by atoms with Gasteiger partial charge in [0.1, 0.15) is 5.82 Å². The van der Waals surface area contributed by atoms with E-state index in [1.54, 1.807) is 6.07 Å². The van der Waals surface area contributed by atoms with Crippen molar-refractivity contribution in [3.05, 3.63) is 42.0 Å². The highest BCUT2D eigenvalue weighted by Gasteiger charge is 2.17. The first-order valence-corrected chi connectivity index (χ1v) is 7.57. The molecule has 2 heterocycles. The van der Waals surface area contributed by atoms with Gasteiger partial charge in [-0.2, -0.15) is 5.10 Å². The summed E-state index contributed by atoms with van der Waals surface area (Å²) in [5, 5.41) is 4.44. The summed E-state index contributed by atoms with van der Waals surface area (Å²) in [6.07, 6.45) is 5.81. The minimum atomic E-state index is -0.138. The number of hydrogen-bond donors (Lipinski definition) is 0. The Morgan fingerprint density at radius 2 is 2.00 bits per heavy atom. The van der Waals surface area contributed by atoms with Crippen LogP contribution >= 0.6 is 0 Å². The van der Waals surface area contributed by atoms with Crippen LogP contribution in [-0.4, -0.2) is 23.0 Å². The van der Waals surface area contributed by atoms with Crippen LogP contribution in [0.1, 0.15) is 44.2 Å². The Morgan fingerprint density at radius 1 is 1.24 bits per heavy atom. The molecule has 0 saturated carbocycles. The van der Waals surface area contributed by atoms with Gasteiger partial charge in [0, 0.05) is 25.0 Å². The van der Waals surface area contributed by atoms with Crippen molar-refractivity contribution >= 4 is 0 Å². The fourth-order valence-corrected chi connectivity index (χ4v) is 2.81. The standard InChI is InChI=1S/C17H21FN2O/c1-12(2)16-4-3-13(9-17(16)18)14-10-19-20(11-14)15-5-7-21-8-6-15/h3-4,9-12,15H,5-8H2,1-2H3. The molecule has 21 heavy (non-hydrogen) atoms. The summed E-state index contributed by atoms with van der Waals surface area (Å²) in [5.41, 5.74) is 2.61. The van der Waals surface area contributed by atoms with Gasteiger partial charge < -0.3 is 4.74 Å². The van der Waals surface area contributed by atoms with E-state index >= 15 is 0 Å². The summed E-state index contributed by atoms with van der Waals surface area (Å²) in [6.45, 7) is 5.58. The molecule has 2 aromatic rings. The molecule has 0 unspecified atom stereocenters. The van der Waals surface area contributed by atoms with Crippen LogP contribution in [0.5, 0.6) is 0 Å². The van der Waals surface area contributed by atoms with Gasteiger partial charge in [-0.25, -0.2) is 4.39 Å². The molecule has 3 nitrogen and oxygen atoms in total. The topological polar surface area (TPSA) is 27.1 Å². The molecular formula is C17H21FN2O. The van der Waals surface area contributed by atoms with Crippen LogP contribution in [0.25, 0.3) is 11.1 Å². The molecule has 4 heteroatoms. The molecular weight excluding hydrogens is 267 g/mol. The molecule has 1 aromatic carbocycles. The fourth-order valence-electron chi connectivity index (χ4n) is 2.81. The maximum Gasteiger partial charge on any atom is 0.127 e. The average molecular weight is 288 g/mol. The first-order valence-electron chi connectivity index (χ1n) is 7.57. The first kappa shape index (κ1) is 14.3. The Balaban J connectivity index is 1.84. The van der Waals surface area contributed by atoms with E-state index in [-0.39, 0.29) is 11.7 Å². The van der Waals surface area contributed by atoms with Crippen molar-refractivity contribution in [2.75, 3.05) is 13.2 Å². The van der Waals surface area contributed by atoms with Crippen LogP contribution in [0, 0.1) is 5.82 Å². The van der Waals surface area contributed by atoms with Crippen LogP contribution in [0.15, 0.2) is 30.6 Å². The molecule has 0 bridgehead atoms. The first-order chi connectivity index (χ1) is 10.1. The highest BCUT2D eigenvalue weighted by atomic mass is 19.1. The van der Waals surface area contributed by atoms with Gasteiger partial charge in [0.15, 0.2) is 0 Å². The quantitative estimate of drug-likeness (QED) is 0.847. The van der Waals surface area contributed by atoms with Gasteiger partial charge in [-0.1, -0.05) is 26.0 Å². The second kappa shape index (κ2) is 5.98. The molecule has 3 rings (SSSR count). The lowest BCUT2D eigenvalue weighted by Crippen LogP contribution is -2.19. The molecule has 1 saturated heterocycles. The van der Waals surface area contributed by atoms with Crippen LogP contribution < -0.4 is 0 Å². The fraction of sp³-hybridized carbons (Fsp3) is 0.471. The van der Waals surface area contributed by atoms with E-state index in [0.717, 1.165) is 42.7 Å². The van der Waals surface area contributed by atoms with Crippen molar-refractivity contribution in [2.24, 2.45) is 0 Å². The van der Waals surface area contributed by atoms with E-state index in [2.05, 4.69) is 5.10 Å². The maximum atomic E-state index is 14.1. The van der Waals surface area contributed by atoms with Gasteiger partial charge in [0.05, 0.1) is 12.2 Å². The third-order valence-electron chi connectivity index (χ3n) is 4.12. The third-order valence-corrected chi connectivity index (χ3v) is 4.12. The average Bonchev–Trinajstić information content (AvgIpc) is 2.97. The Kier molecular flexibility index (Phi) is 4.06. The van der Waals surface area contributed by atoms with Crippen molar-refractivity contribution in [1.82, 2.24) is 9.78 Å². The van der Waals surface area contributed by atoms with Crippen molar-refractivity contribution < 1.29 is 9.13 Å². The molecule has 0 N–H and O–H groups in total. The lowest BCUT2D eigenvalue weighted by molar-refractivity contribution is 0.0662. The highest BCUT2D eigenvalue weighted by Crippen LogP contribution is 2.27. The predicted octanol–water partition coefficient (Wildman–Crippen LogP) is 4.16. The molecule has 1 aliphatic rings. The van der Waals surface area contributed by atoms with Crippen molar-refractivity contribution in [2.45, 2.75) is 38.6 Å². The highest BCUT2D eigenvalue weighted by molar-refractivity contribution is 5.62.